The predicted molar refractivity (Wildman–Crippen MR) is 56.0 cm³/mol. The summed E-state index contributed by atoms with van der Waals surface area (Å²) in [5.41, 5.74) is 0. The number of hydrogen-bond acceptors (Lipinski definition) is 3. The van der Waals surface area contributed by atoms with Crippen LogP contribution in [0.2, 0.25) is 0 Å². The van der Waals surface area contributed by atoms with Crippen LogP contribution in [-0.2, 0) is 9.59 Å². The van der Waals surface area contributed by atoms with Crippen LogP contribution in [0, 0.1) is 5.92 Å². The van der Waals surface area contributed by atoms with E-state index in [-0.39, 0.29) is 23.0 Å². The van der Waals surface area contributed by atoms with Gasteiger partial charge in [0.15, 0.2) is 0 Å². The zero-order valence-corrected chi connectivity index (χ0v) is 9.18. The van der Waals surface area contributed by atoms with Gasteiger partial charge in [-0.05, 0) is 19.3 Å². The summed E-state index contributed by atoms with van der Waals surface area (Å²) in [5.74, 6) is 0.838. The van der Waals surface area contributed by atoms with E-state index in [2.05, 4.69) is 0 Å². The summed E-state index contributed by atoms with van der Waals surface area (Å²) in [6.07, 6.45) is 2.99. The maximum atomic E-state index is 11.9. The number of piperidine rings is 1. The van der Waals surface area contributed by atoms with Crippen molar-refractivity contribution in [1.82, 2.24) is 4.90 Å². The highest BCUT2D eigenvalue weighted by Gasteiger charge is 2.37. The second-order valence-corrected chi connectivity index (χ2v) is 5.10. The Balaban J connectivity index is 2.22. The number of carbonyl (C=O) groups is 2. The average molecular weight is 213 g/mol. The Morgan fingerprint density at radius 2 is 2.14 bits per heavy atom. The second kappa shape index (κ2) is 3.93. The molecule has 2 atom stereocenters. The van der Waals surface area contributed by atoms with E-state index in [1.165, 1.54) is 11.8 Å². The van der Waals surface area contributed by atoms with Crippen molar-refractivity contribution in [2.75, 3.05) is 12.3 Å². The van der Waals surface area contributed by atoms with Crippen LogP contribution >= 0.6 is 11.8 Å². The third-order valence-electron chi connectivity index (χ3n) is 2.96. The van der Waals surface area contributed by atoms with Gasteiger partial charge in [-0.3, -0.25) is 9.59 Å². The molecule has 2 rings (SSSR count). The van der Waals surface area contributed by atoms with E-state index < -0.39 is 0 Å². The molecule has 0 aromatic carbocycles. The van der Waals surface area contributed by atoms with E-state index in [0.717, 1.165) is 25.8 Å². The molecule has 0 N–H and O–H groups in total. The molecular formula is C10H15NO2S. The molecule has 0 aromatic rings. The topological polar surface area (TPSA) is 37.4 Å². The lowest BCUT2D eigenvalue weighted by Gasteiger charge is -2.33. The minimum absolute atomic E-state index is 0.00653. The summed E-state index contributed by atoms with van der Waals surface area (Å²) in [6, 6.07) is -0.119. The maximum Gasteiger partial charge on any atom is 0.226 e. The minimum atomic E-state index is -0.119. The highest BCUT2D eigenvalue weighted by molar-refractivity contribution is 8.13. The quantitative estimate of drug-likeness (QED) is 0.608. The molecule has 3 nitrogen and oxygen atoms in total. The van der Waals surface area contributed by atoms with Crippen molar-refractivity contribution < 1.29 is 9.59 Å². The van der Waals surface area contributed by atoms with Crippen molar-refractivity contribution in [3.05, 3.63) is 0 Å². The molecule has 2 aliphatic rings. The van der Waals surface area contributed by atoms with Crippen LogP contribution in [0.15, 0.2) is 0 Å². The van der Waals surface area contributed by atoms with Crippen LogP contribution in [-0.4, -0.2) is 34.3 Å². The lowest BCUT2D eigenvalue weighted by Crippen LogP contribution is -2.47. The Hall–Kier alpha value is -0.510. The number of hydrogen-bond donors (Lipinski definition) is 0. The van der Waals surface area contributed by atoms with Crippen molar-refractivity contribution in [3.8, 4) is 0 Å². The van der Waals surface area contributed by atoms with Crippen molar-refractivity contribution in [2.45, 2.75) is 32.2 Å². The third kappa shape index (κ3) is 1.67. The van der Waals surface area contributed by atoms with E-state index >= 15 is 0 Å². The smallest absolute Gasteiger partial charge is 0.226 e. The molecule has 1 unspecified atom stereocenters. The molecular weight excluding hydrogens is 198 g/mol. The highest BCUT2D eigenvalue weighted by Crippen LogP contribution is 2.28. The highest BCUT2D eigenvalue weighted by atomic mass is 32.2. The largest absolute Gasteiger partial charge is 0.331 e. The van der Waals surface area contributed by atoms with Gasteiger partial charge in [-0.25, -0.2) is 0 Å². The fourth-order valence-electron chi connectivity index (χ4n) is 2.10. The summed E-state index contributed by atoms with van der Waals surface area (Å²) in [7, 11) is 0. The molecule has 2 saturated heterocycles. The molecule has 1 amide bonds. The molecule has 78 valence electrons. The molecule has 2 fully saturated rings. The fraction of sp³-hybridized carbons (Fsp3) is 0.800. The number of thioether (sulfide) groups is 1. The SMILES string of the molecule is CC1CSC(=O)[C@@H]2CCCCN2C1=O. The van der Waals surface area contributed by atoms with Crippen molar-refractivity contribution in [2.24, 2.45) is 5.92 Å². The number of nitrogens with zero attached hydrogens (tertiary/aromatic N) is 1. The molecule has 0 spiro atoms. The first-order chi connectivity index (χ1) is 6.70. The fourth-order valence-corrected chi connectivity index (χ4v) is 3.09. The zero-order valence-electron chi connectivity index (χ0n) is 8.36. The molecule has 4 heteroatoms. The van der Waals surface area contributed by atoms with Gasteiger partial charge in [0.2, 0.25) is 11.0 Å². The Kier molecular flexibility index (Phi) is 2.81. The molecule has 0 aliphatic carbocycles. The molecule has 2 aliphatic heterocycles. The molecule has 0 saturated carbocycles. The maximum absolute atomic E-state index is 11.9. The lowest BCUT2D eigenvalue weighted by atomic mass is 10.0. The van der Waals surface area contributed by atoms with Crippen LogP contribution in [0.4, 0.5) is 0 Å². The van der Waals surface area contributed by atoms with E-state index in [0.29, 0.717) is 5.75 Å². The van der Waals surface area contributed by atoms with E-state index in [1.54, 1.807) is 4.90 Å². The van der Waals surface area contributed by atoms with Gasteiger partial charge in [-0.2, -0.15) is 0 Å². The predicted octanol–water partition coefficient (Wildman–Crippen LogP) is 1.28. The Morgan fingerprint density at radius 3 is 2.93 bits per heavy atom. The van der Waals surface area contributed by atoms with Gasteiger partial charge in [0.1, 0.15) is 6.04 Å². The van der Waals surface area contributed by atoms with Crippen molar-refractivity contribution >= 4 is 22.8 Å². The van der Waals surface area contributed by atoms with Gasteiger partial charge >= 0.3 is 0 Å². The molecule has 0 aromatic heterocycles. The summed E-state index contributed by atoms with van der Waals surface area (Å²) in [5, 5.41) is 0.197. The number of carbonyl (C=O) groups excluding carboxylic acids is 2. The van der Waals surface area contributed by atoms with Gasteiger partial charge in [-0.1, -0.05) is 18.7 Å². The van der Waals surface area contributed by atoms with E-state index in [4.69, 9.17) is 0 Å². The summed E-state index contributed by atoms with van der Waals surface area (Å²) < 4.78 is 0. The van der Waals surface area contributed by atoms with E-state index in [1.807, 2.05) is 6.92 Å². The Labute approximate surface area is 88.2 Å². The van der Waals surface area contributed by atoms with Gasteiger partial charge in [0.05, 0.1) is 0 Å². The first-order valence-electron chi connectivity index (χ1n) is 5.17. The lowest BCUT2D eigenvalue weighted by molar-refractivity contribution is -0.140. The second-order valence-electron chi connectivity index (χ2n) is 4.07. The van der Waals surface area contributed by atoms with Gasteiger partial charge in [0, 0.05) is 18.2 Å². The van der Waals surface area contributed by atoms with Crippen LogP contribution in [0.1, 0.15) is 26.2 Å². The van der Waals surface area contributed by atoms with Crippen molar-refractivity contribution in [1.29, 1.82) is 0 Å². The van der Waals surface area contributed by atoms with E-state index in [9.17, 15) is 9.59 Å². The summed E-state index contributed by atoms with van der Waals surface area (Å²) in [4.78, 5) is 25.4. The average Bonchev–Trinajstić information content (AvgIpc) is 2.33. The first kappa shape index (κ1) is 10.0. The third-order valence-corrected chi connectivity index (χ3v) is 4.18. The standard InChI is InChI=1S/C10H15NO2S/c1-7-6-14-10(13)8-4-2-3-5-11(8)9(7)12/h7-8H,2-6H2,1H3/t7?,8-/m0/s1. The monoisotopic (exact) mass is 213 g/mol. The molecule has 2 heterocycles. The number of rotatable bonds is 0. The van der Waals surface area contributed by atoms with Crippen molar-refractivity contribution in [3.63, 3.8) is 0 Å². The zero-order chi connectivity index (χ0) is 10.1. The number of fused-ring (bicyclic) bond motifs is 1. The Bertz CT molecular complexity index is 267. The van der Waals surface area contributed by atoms with Gasteiger partial charge < -0.3 is 4.90 Å². The first-order valence-corrected chi connectivity index (χ1v) is 6.16. The van der Waals surface area contributed by atoms with Crippen LogP contribution < -0.4 is 0 Å². The van der Waals surface area contributed by atoms with Crippen LogP contribution in [0.25, 0.3) is 0 Å². The number of amides is 1. The van der Waals surface area contributed by atoms with Crippen LogP contribution in [0.5, 0.6) is 0 Å². The summed E-state index contributed by atoms with van der Waals surface area (Å²) in [6.45, 7) is 2.69. The van der Waals surface area contributed by atoms with Gasteiger partial charge in [-0.15, -0.1) is 0 Å². The van der Waals surface area contributed by atoms with Crippen LogP contribution in [0.3, 0.4) is 0 Å². The molecule has 0 radical (unpaired) electrons. The Morgan fingerprint density at radius 1 is 1.36 bits per heavy atom. The molecule has 0 bridgehead atoms. The molecule has 14 heavy (non-hydrogen) atoms. The summed E-state index contributed by atoms with van der Waals surface area (Å²) >= 11 is 1.34. The van der Waals surface area contributed by atoms with Gasteiger partial charge in [0.25, 0.3) is 0 Å². The normalized spacial score (nSPS) is 33.9. The minimum Gasteiger partial charge on any atom is -0.331 e.